The van der Waals surface area contributed by atoms with E-state index in [2.05, 4.69) is 5.32 Å². The third-order valence-corrected chi connectivity index (χ3v) is 4.32. The summed E-state index contributed by atoms with van der Waals surface area (Å²) in [4.78, 5) is 35.5. The maximum absolute atomic E-state index is 12.4. The topological polar surface area (TPSA) is 133 Å². The second kappa shape index (κ2) is 7.25. The second-order valence-electron chi connectivity index (χ2n) is 6.15. The average Bonchev–Trinajstić information content (AvgIpc) is 2.64. The Kier molecular flexibility index (Phi) is 4.85. The molecule has 7 heteroatoms. The van der Waals surface area contributed by atoms with Gasteiger partial charge in [-0.05, 0) is 48.7 Å². The number of carbonyl (C=O) groups is 3. The van der Waals surface area contributed by atoms with Crippen LogP contribution in [0.3, 0.4) is 0 Å². The third-order valence-electron chi connectivity index (χ3n) is 4.32. The van der Waals surface area contributed by atoms with Crippen LogP contribution in [0.1, 0.15) is 38.3 Å². The van der Waals surface area contributed by atoms with E-state index in [-0.39, 0.29) is 23.1 Å². The molecule has 1 aliphatic rings. The predicted molar refractivity (Wildman–Crippen MR) is 100 cm³/mol. The summed E-state index contributed by atoms with van der Waals surface area (Å²) in [6.07, 6.45) is 1.82. The van der Waals surface area contributed by atoms with Crippen LogP contribution in [-0.2, 0) is 11.2 Å². The van der Waals surface area contributed by atoms with E-state index in [1.165, 1.54) is 0 Å². The summed E-state index contributed by atoms with van der Waals surface area (Å²) in [5, 5.41) is 19.0. The number of hydrogen-bond donors (Lipinski definition) is 4. The highest BCUT2D eigenvalue weighted by Gasteiger charge is 2.23. The number of hydrogen-bond acceptors (Lipinski definition) is 4. The maximum Gasteiger partial charge on any atom is 0.328 e. The van der Waals surface area contributed by atoms with Gasteiger partial charge in [0, 0.05) is 34.0 Å². The van der Waals surface area contributed by atoms with Crippen molar-refractivity contribution in [1.29, 1.82) is 5.41 Å². The number of amides is 1. The Morgan fingerprint density at radius 2 is 1.74 bits per heavy atom. The molecule has 0 aromatic heterocycles. The molecule has 1 amide bonds. The van der Waals surface area contributed by atoms with E-state index in [9.17, 15) is 14.4 Å². The molecule has 136 valence electrons. The van der Waals surface area contributed by atoms with Gasteiger partial charge < -0.3 is 16.2 Å². The van der Waals surface area contributed by atoms with Crippen LogP contribution in [0.25, 0.3) is 0 Å². The quantitative estimate of drug-likeness (QED) is 0.376. The first-order valence-corrected chi connectivity index (χ1v) is 8.22. The number of nitrogens with one attached hydrogen (secondary N) is 2. The number of anilines is 1. The van der Waals surface area contributed by atoms with Crippen LogP contribution in [0.5, 0.6) is 0 Å². The molecule has 3 rings (SSSR count). The molecule has 27 heavy (non-hydrogen) atoms. The second-order valence-corrected chi connectivity index (χ2v) is 6.15. The van der Waals surface area contributed by atoms with E-state index < -0.39 is 5.97 Å². The lowest BCUT2D eigenvalue weighted by Gasteiger charge is -2.18. The number of nitrogens with two attached hydrogens (primary N) is 1. The number of aliphatic carboxylic acids is 1. The minimum Gasteiger partial charge on any atom is -0.478 e. The minimum absolute atomic E-state index is 0.0716. The van der Waals surface area contributed by atoms with Crippen LogP contribution in [0, 0.1) is 5.41 Å². The van der Waals surface area contributed by atoms with Crippen LogP contribution in [0.4, 0.5) is 5.69 Å². The van der Waals surface area contributed by atoms with Gasteiger partial charge in [0.05, 0.1) is 0 Å². The van der Waals surface area contributed by atoms with Crippen molar-refractivity contribution in [2.24, 2.45) is 5.73 Å². The summed E-state index contributed by atoms with van der Waals surface area (Å²) in [6, 6.07) is 11.3. The van der Waals surface area contributed by atoms with Crippen molar-refractivity contribution < 1.29 is 19.5 Å². The number of carbonyl (C=O) groups excluding carboxylic acids is 2. The number of allylic oxidation sites excluding steroid dienone is 1. The molecule has 1 aliphatic carbocycles. The van der Waals surface area contributed by atoms with Gasteiger partial charge in [0.2, 0.25) is 0 Å². The summed E-state index contributed by atoms with van der Waals surface area (Å²) >= 11 is 0. The molecule has 0 radical (unpaired) electrons. The van der Waals surface area contributed by atoms with Gasteiger partial charge in [-0.25, -0.2) is 4.79 Å². The molecule has 0 heterocycles. The monoisotopic (exact) mass is 363 g/mol. The fourth-order valence-corrected chi connectivity index (χ4v) is 2.95. The van der Waals surface area contributed by atoms with Gasteiger partial charge in [-0.2, -0.15) is 0 Å². The zero-order chi connectivity index (χ0) is 19.6. The zero-order valence-corrected chi connectivity index (χ0v) is 14.3. The van der Waals surface area contributed by atoms with Gasteiger partial charge in [0.1, 0.15) is 5.84 Å². The number of nitrogen functional groups attached to an aromatic ring is 1. The predicted octanol–water partition coefficient (Wildman–Crippen LogP) is 2.36. The number of carboxylic acids is 1. The van der Waals surface area contributed by atoms with E-state index in [0.717, 1.165) is 11.6 Å². The van der Waals surface area contributed by atoms with Crippen LogP contribution < -0.4 is 11.1 Å². The molecule has 2 aromatic rings. The molecule has 0 saturated heterocycles. The van der Waals surface area contributed by atoms with Gasteiger partial charge in [0.25, 0.3) is 5.91 Å². The van der Waals surface area contributed by atoms with Crippen LogP contribution >= 0.6 is 0 Å². The molecule has 0 saturated carbocycles. The Morgan fingerprint density at radius 1 is 1.07 bits per heavy atom. The third kappa shape index (κ3) is 3.92. The Balaban J connectivity index is 1.78. The van der Waals surface area contributed by atoms with Gasteiger partial charge >= 0.3 is 5.97 Å². The number of rotatable bonds is 4. The van der Waals surface area contributed by atoms with Crippen molar-refractivity contribution in [3.05, 3.63) is 76.4 Å². The molecule has 0 fully saturated rings. The van der Waals surface area contributed by atoms with Crippen LogP contribution in [-0.4, -0.2) is 28.6 Å². The standard InChI is InChI=1S/C20H17N3O4/c21-19(22)11-1-3-12(4-2-11)20(27)23-15-7-8-16-13(9-15)5-6-14(18(16)26)10-17(24)25/h1-4,7-10H,5-6H2,(H3,21,22)(H,23,27)(H,24,25). The first-order chi connectivity index (χ1) is 12.8. The number of fused-ring (bicyclic) bond motifs is 1. The molecule has 0 spiro atoms. The summed E-state index contributed by atoms with van der Waals surface area (Å²) < 4.78 is 0. The van der Waals surface area contributed by atoms with Crippen molar-refractivity contribution in [1.82, 2.24) is 0 Å². The van der Waals surface area contributed by atoms with E-state index in [0.29, 0.717) is 35.2 Å². The normalized spacial score (nSPS) is 14.5. The minimum atomic E-state index is -1.14. The van der Waals surface area contributed by atoms with Crippen LogP contribution in [0.2, 0.25) is 0 Å². The summed E-state index contributed by atoms with van der Waals surface area (Å²) in [5.41, 5.74) is 8.39. The Hall–Kier alpha value is -3.74. The number of aryl methyl sites for hydroxylation is 1. The Bertz CT molecular complexity index is 991. The summed E-state index contributed by atoms with van der Waals surface area (Å²) in [5.74, 6) is -1.82. The fourth-order valence-electron chi connectivity index (χ4n) is 2.95. The van der Waals surface area contributed by atoms with E-state index >= 15 is 0 Å². The van der Waals surface area contributed by atoms with Crippen molar-refractivity contribution in [2.45, 2.75) is 12.8 Å². The first kappa shape index (κ1) is 18.1. The highest BCUT2D eigenvalue weighted by Crippen LogP contribution is 2.27. The van der Waals surface area contributed by atoms with E-state index in [1.807, 2.05) is 0 Å². The van der Waals surface area contributed by atoms with Gasteiger partial charge in [-0.1, -0.05) is 12.1 Å². The Morgan fingerprint density at radius 3 is 2.37 bits per heavy atom. The fraction of sp³-hybridized carbons (Fsp3) is 0.100. The van der Waals surface area contributed by atoms with Crippen molar-refractivity contribution in [2.75, 3.05) is 5.32 Å². The van der Waals surface area contributed by atoms with E-state index in [1.54, 1.807) is 42.5 Å². The Labute approximate surface area is 155 Å². The number of amidine groups is 1. The first-order valence-electron chi connectivity index (χ1n) is 8.22. The average molecular weight is 363 g/mol. The smallest absolute Gasteiger partial charge is 0.328 e. The SMILES string of the molecule is N=C(N)c1ccc(C(=O)Nc2ccc3c(c2)CCC(=CC(=O)O)C3=O)cc1. The van der Waals surface area contributed by atoms with Gasteiger partial charge in [-0.15, -0.1) is 0 Å². The molecular weight excluding hydrogens is 346 g/mol. The van der Waals surface area contributed by atoms with E-state index in [4.69, 9.17) is 16.2 Å². The number of Topliss-reactive ketones (excluding diaryl/α,β-unsaturated/α-hetero) is 1. The molecule has 2 aromatic carbocycles. The number of benzene rings is 2. The molecule has 0 aliphatic heterocycles. The molecule has 0 unspecified atom stereocenters. The van der Waals surface area contributed by atoms with Crippen molar-refractivity contribution >= 4 is 29.2 Å². The van der Waals surface area contributed by atoms with Crippen molar-refractivity contribution in [3.63, 3.8) is 0 Å². The number of ketones is 1. The molecule has 0 bridgehead atoms. The van der Waals surface area contributed by atoms with Gasteiger partial charge in [0.15, 0.2) is 5.78 Å². The highest BCUT2D eigenvalue weighted by molar-refractivity contribution is 6.13. The molecule has 7 nitrogen and oxygen atoms in total. The number of carboxylic acid groups (broad SMARTS) is 1. The zero-order valence-electron chi connectivity index (χ0n) is 14.3. The molecule has 5 N–H and O–H groups in total. The lowest BCUT2D eigenvalue weighted by atomic mass is 9.86. The lowest BCUT2D eigenvalue weighted by molar-refractivity contribution is -0.131. The summed E-state index contributed by atoms with van der Waals surface area (Å²) in [7, 11) is 0. The highest BCUT2D eigenvalue weighted by atomic mass is 16.4. The van der Waals surface area contributed by atoms with Crippen LogP contribution in [0.15, 0.2) is 54.1 Å². The largest absolute Gasteiger partial charge is 0.478 e. The summed E-state index contributed by atoms with van der Waals surface area (Å²) in [6.45, 7) is 0. The van der Waals surface area contributed by atoms with Gasteiger partial charge in [-0.3, -0.25) is 15.0 Å². The van der Waals surface area contributed by atoms with Crippen molar-refractivity contribution in [3.8, 4) is 0 Å². The molecule has 0 atom stereocenters. The lowest BCUT2D eigenvalue weighted by Crippen LogP contribution is -2.17. The molecular formula is C20H17N3O4. The maximum atomic E-state index is 12.4.